The molecule has 0 aliphatic rings. The molecule has 1 aromatic rings. The fraction of sp³-hybridized carbons (Fsp3) is 0.250. The molecule has 1 aromatic carbocycles. The summed E-state index contributed by atoms with van der Waals surface area (Å²) in [5, 5.41) is 13.9. The van der Waals surface area contributed by atoms with Crippen LogP contribution in [-0.2, 0) is 0 Å². The molecular weight excluding hydrogens is 299 g/mol. The minimum absolute atomic E-state index is 0.00529. The zero-order valence-corrected chi connectivity index (χ0v) is 9.92. The van der Waals surface area contributed by atoms with Gasteiger partial charge in [-0.2, -0.15) is 0 Å². The molecule has 0 saturated heterocycles. The van der Waals surface area contributed by atoms with Crippen molar-refractivity contribution < 1.29 is 14.1 Å². The quantitative estimate of drug-likeness (QED) is 0.208. The van der Waals surface area contributed by atoms with Gasteiger partial charge in [-0.05, 0) is 21.5 Å². The zero-order valence-electron chi connectivity index (χ0n) is 8.34. The van der Waals surface area contributed by atoms with E-state index in [1.54, 1.807) is 0 Å². The van der Waals surface area contributed by atoms with Crippen molar-refractivity contribution in [2.24, 2.45) is 5.11 Å². The monoisotopic (exact) mass is 304 g/mol. The summed E-state index contributed by atoms with van der Waals surface area (Å²) in [4.78, 5) is 12.5. The topological polar surface area (TPSA) is 101 Å². The van der Waals surface area contributed by atoms with Gasteiger partial charge in [-0.25, -0.2) is 4.39 Å². The van der Waals surface area contributed by atoms with Gasteiger partial charge in [0.05, 0.1) is 22.5 Å². The normalized spacial score (nSPS) is 9.53. The maximum absolute atomic E-state index is 13.2. The van der Waals surface area contributed by atoms with Gasteiger partial charge in [0.25, 0.3) is 0 Å². The fourth-order valence-electron chi connectivity index (χ4n) is 1.02. The molecule has 0 aliphatic heterocycles. The maximum atomic E-state index is 13.2. The van der Waals surface area contributed by atoms with E-state index < -0.39 is 10.7 Å². The van der Waals surface area contributed by atoms with E-state index in [0.29, 0.717) is 0 Å². The summed E-state index contributed by atoms with van der Waals surface area (Å²) in [6, 6.07) is 1.91. The molecule has 0 bridgehead atoms. The molecule has 0 heterocycles. The second kappa shape index (κ2) is 6.02. The number of azide groups is 1. The van der Waals surface area contributed by atoms with E-state index in [0.717, 1.165) is 12.1 Å². The highest BCUT2D eigenvalue weighted by atomic mass is 79.9. The van der Waals surface area contributed by atoms with Crippen LogP contribution in [0.25, 0.3) is 10.4 Å². The van der Waals surface area contributed by atoms with Gasteiger partial charge >= 0.3 is 5.69 Å². The highest BCUT2D eigenvalue weighted by Crippen LogP contribution is 2.32. The summed E-state index contributed by atoms with van der Waals surface area (Å²) in [6.07, 6.45) is 0. The van der Waals surface area contributed by atoms with Crippen LogP contribution in [0.3, 0.4) is 0 Å². The Bertz CT molecular complexity index is 490. The SMILES string of the molecule is [N-]=[N+]=NCCOc1cc(F)c(Br)cc1[N+](=O)[O-]. The van der Waals surface area contributed by atoms with E-state index in [2.05, 4.69) is 26.0 Å². The Labute approximate surface area is 103 Å². The molecule has 0 saturated carbocycles. The van der Waals surface area contributed by atoms with Gasteiger partial charge in [-0.15, -0.1) is 0 Å². The highest BCUT2D eigenvalue weighted by molar-refractivity contribution is 9.10. The van der Waals surface area contributed by atoms with E-state index in [1.165, 1.54) is 0 Å². The summed E-state index contributed by atoms with van der Waals surface area (Å²) in [5.74, 6) is -0.877. The first-order valence-corrected chi connectivity index (χ1v) is 5.12. The predicted octanol–water partition coefficient (Wildman–Crippen LogP) is 3.19. The third-order valence-corrected chi connectivity index (χ3v) is 2.32. The van der Waals surface area contributed by atoms with E-state index in [4.69, 9.17) is 10.3 Å². The average Bonchev–Trinajstić information content (AvgIpc) is 2.28. The van der Waals surface area contributed by atoms with Crippen molar-refractivity contribution in [1.82, 2.24) is 0 Å². The number of ether oxygens (including phenoxy) is 1. The summed E-state index contributed by atoms with van der Waals surface area (Å²) in [5.41, 5.74) is 7.65. The fourth-order valence-corrected chi connectivity index (χ4v) is 1.35. The number of nitro benzene ring substituents is 1. The second-order valence-corrected chi connectivity index (χ2v) is 3.65. The first kappa shape index (κ1) is 13.2. The molecule has 0 fully saturated rings. The molecule has 0 unspecified atom stereocenters. The summed E-state index contributed by atoms with van der Waals surface area (Å²) >= 11 is 2.84. The first-order valence-electron chi connectivity index (χ1n) is 4.33. The molecule has 0 spiro atoms. The van der Waals surface area contributed by atoms with Gasteiger partial charge in [0.1, 0.15) is 5.82 Å². The van der Waals surface area contributed by atoms with Crippen molar-refractivity contribution >= 4 is 21.6 Å². The molecule has 1 rings (SSSR count). The minimum Gasteiger partial charge on any atom is -0.487 e. The lowest BCUT2D eigenvalue weighted by Crippen LogP contribution is -2.03. The number of nitro groups is 1. The smallest absolute Gasteiger partial charge is 0.312 e. The molecule has 0 N–H and O–H groups in total. The van der Waals surface area contributed by atoms with Crippen molar-refractivity contribution in [3.05, 3.63) is 43.0 Å². The number of hydrogen-bond donors (Lipinski definition) is 0. The second-order valence-electron chi connectivity index (χ2n) is 2.79. The van der Waals surface area contributed by atoms with Gasteiger partial charge in [-0.1, -0.05) is 5.11 Å². The Balaban J connectivity index is 2.92. The van der Waals surface area contributed by atoms with Gasteiger partial charge in [0.2, 0.25) is 0 Å². The van der Waals surface area contributed by atoms with Crippen molar-refractivity contribution in [3.8, 4) is 5.75 Å². The number of rotatable bonds is 5. The molecule has 0 amide bonds. The Morgan fingerprint density at radius 1 is 1.65 bits per heavy atom. The summed E-state index contributed by atoms with van der Waals surface area (Å²) in [6.45, 7) is -0.0582. The number of benzene rings is 1. The van der Waals surface area contributed by atoms with Crippen LogP contribution < -0.4 is 4.74 Å². The Hall–Kier alpha value is -1.86. The molecule has 0 aromatic heterocycles. The van der Waals surface area contributed by atoms with Crippen LogP contribution in [0.4, 0.5) is 10.1 Å². The third-order valence-electron chi connectivity index (χ3n) is 1.71. The van der Waals surface area contributed by atoms with Gasteiger partial charge in [0.15, 0.2) is 5.75 Å². The standard InChI is InChI=1S/C8H6BrFN4O3/c9-5-3-7(14(15)16)8(4-6(5)10)17-2-1-12-13-11/h3-4H,1-2H2. The van der Waals surface area contributed by atoms with Crippen LogP contribution in [0.15, 0.2) is 21.7 Å². The van der Waals surface area contributed by atoms with E-state index in [9.17, 15) is 14.5 Å². The molecule has 0 atom stereocenters. The summed E-state index contributed by atoms with van der Waals surface area (Å²) < 4.78 is 18.1. The van der Waals surface area contributed by atoms with E-state index in [1.807, 2.05) is 0 Å². The lowest BCUT2D eigenvalue weighted by Gasteiger charge is -2.05. The maximum Gasteiger partial charge on any atom is 0.312 e. The Morgan fingerprint density at radius 2 is 2.35 bits per heavy atom. The molecule has 7 nitrogen and oxygen atoms in total. The highest BCUT2D eigenvalue weighted by Gasteiger charge is 2.18. The van der Waals surface area contributed by atoms with Crippen LogP contribution in [0.2, 0.25) is 0 Å². The molecule has 0 radical (unpaired) electrons. The van der Waals surface area contributed by atoms with Crippen LogP contribution in [-0.4, -0.2) is 18.1 Å². The van der Waals surface area contributed by atoms with Crippen LogP contribution in [0, 0.1) is 15.9 Å². The predicted molar refractivity (Wildman–Crippen MR) is 60.3 cm³/mol. The molecule has 0 aliphatic carbocycles. The van der Waals surface area contributed by atoms with Crippen LogP contribution >= 0.6 is 15.9 Å². The van der Waals surface area contributed by atoms with E-state index in [-0.39, 0.29) is 29.1 Å². The minimum atomic E-state index is -0.687. The third kappa shape index (κ3) is 3.58. The molecular formula is C8H6BrFN4O3. The van der Waals surface area contributed by atoms with Crippen LogP contribution in [0.5, 0.6) is 5.75 Å². The Kier molecular flexibility index (Phi) is 4.68. The lowest BCUT2D eigenvalue weighted by atomic mass is 10.3. The van der Waals surface area contributed by atoms with Crippen molar-refractivity contribution in [2.45, 2.75) is 0 Å². The lowest BCUT2D eigenvalue weighted by molar-refractivity contribution is -0.386. The average molecular weight is 305 g/mol. The van der Waals surface area contributed by atoms with Gasteiger partial charge in [0, 0.05) is 17.0 Å². The van der Waals surface area contributed by atoms with E-state index >= 15 is 0 Å². The van der Waals surface area contributed by atoms with Gasteiger partial charge < -0.3 is 4.74 Å². The molecule has 9 heteroatoms. The van der Waals surface area contributed by atoms with Crippen molar-refractivity contribution in [3.63, 3.8) is 0 Å². The number of halogens is 2. The molecule has 90 valence electrons. The van der Waals surface area contributed by atoms with Crippen molar-refractivity contribution in [2.75, 3.05) is 13.2 Å². The van der Waals surface area contributed by atoms with Crippen LogP contribution in [0.1, 0.15) is 0 Å². The van der Waals surface area contributed by atoms with Crippen molar-refractivity contribution in [1.29, 1.82) is 0 Å². The number of hydrogen-bond acceptors (Lipinski definition) is 4. The molecule has 17 heavy (non-hydrogen) atoms. The summed E-state index contributed by atoms with van der Waals surface area (Å²) in [7, 11) is 0. The van der Waals surface area contributed by atoms with Gasteiger partial charge in [-0.3, -0.25) is 10.1 Å². The first-order chi connectivity index (χ1) is 8.06. The largest absolute Gasteiger partial charge is 0.487 e. The Morgan fingerprint density at radius 3 is 2.94 bits per heavy atom. The number of nitrogens with zero attached hydrogens (tertiary/aromatic N) is 4. The zero-order chi connectivity index (χ0) is 12.8.